The van der Waals surface area contributed by atoms with Crippen LogP contribution in [0.5, 0.6) is 0 Å². The van der Waals surface area contributed by atoms with Crippen LogP contribution in [0.2, 0.25) is 0 Å². The molecule has 2 fully saturated rings. The molecule has 0 radical (unpaired) electrons. The summed E-state index contributed by atoms with van der Waals surface area (Å²) in [6, 6.07) is 0. The molecule has 2 aliphatic rings. The molecule has 2 aliphatic heterocycles. The molecule has 2 rings (SSSR count). The highest BCUT2D eigenvalue weighted by Gasteiger charge is 2.60. The molecule has 0 aromatic rings. The monoisotopic (exact) mass is 202 g/mol. The van der Waals surface area contributed by atoms with Crippen LogP contribution in [-0.2, 0) is 14.2 Å². The number of aliphatic hydroxyl groups is 1. The van der Waals surface area contributed by atoms with Crippen molar-refractivity contribution in [1.82, 2.24) is 0 Å². The van der Waals surface area contributed by atoms with E-state index in [1.54, 1.807) is 6.92 Å². The minimum Gasteiger partial charge on any atom is -0.385 e. The van der Waals surface area contributed by atoms with E-state index in [0.29, 0.717) is 0 Å². The Morgan fingerprint density at radius 3 is 2.36 bits per heavy atom. The van der Waals surface area contributed by atoms with Crippen molar-refractivity contribution in [2.45, 2.75) is 64.0 Å². The highest BCUT2D eigenvalue weighted by Crippen LogP contribution is 2.43. The Balaban J connectivity index is 2.18. The lowest BCUT2D eigenvalue weighted by atomic mass is 9.93. The predicted octanol–water partition coefficient (Wildman–Crippen LogP) is 1.02. The number of ether oxygens (including phenoxy) is 3. The highest BCUT2D eigenvalue weighted by atomic mass is 16.8. The fraction of sp³-hybridized carbons (Fsp3) is 1.00. The van der Waals surface area contributed by atoms with E-state index in [4.69, 9.17) is 14.2 Å². The Labute approximate surface area is 84.1 Å². The van der Waals surface area contributed by atoms with E-state index in [9.17, 15) is 5.11 Å². The first-order valence-electron chi connectivity index (χ1n) is 5.10. The van der Waals surface area contributed by atoms with Gasteiger partial charge in [0.25, 0.3) is 0 Å². The molecule has 4 heteroatoms. The maximum atomic E-state index is 10.2. The highest BCUT2D eigenvalue weighted by molar-refractivity contribution is 5.01. The van der Waals surface area contributed by atoms with Crippen molar-refractivity contribution in [1.29, 1.82) is 0 Å². The maximum absolute atomic E-state index is 10.2. The summed E-state index contributed by atoms with van der Waals surface area (Å²) in [5.41, 5.74) is -0.951. The standard InChI is InChI=1S/C10H18O4/c1-5-6-10(4,11)7-8(12-6)14-9(2,3)13-7/h6-8,11H,5H2,1-4H3/t6-,7?,8-,10-/m1/s1. The summed E-state index contributed by atoms with van der Waals surface area (Å²) < 4.78 is 16.7. The second-order valence-electron chi connectivity index (χ2n) is 4.68. The largest absolute Gasteiger partial charge is 0.385 e. The van der Waals surface area contributed by atoms with Crippen LogP contribution in [-0.4, -0.2) is 35.0 Å². The zero-order chi connectivity index (χ0) is 10.6. The third kappa shape index (κ3) is 1.37. The Bertz CT molecular complexity index is 236. The topological polar surface area (TPSA) is 47.9 Å². The van der Waals surface area contributed by atoms with Crippen molar-refractivity contribution in [2.24, 2.45) is 0 Å². The van der Waals surface area contributed by atoms with Gasteiger partial charge >= 0.3 is 0 Å². The molecule has 4 nitrogen and oxygen atoms in total. The summed E-state index contributed by atoms with van der Waals surface area (Å²) in [6.07, 6.45) is -0.242. The van der Waals surface area contributed by atoms with Crippen LogP contribution in [0.1, 0.15) is 34.1 Å². The van der Waals surface area contributed by atoms with Gasteiger partial charge in [-0.05, 0) is 27.2 Å². The van der Waals surface area contributed by atoms with E-state index in [1.165, 1.54) is 0 Å². The van der Waals surface area contributed by atoms with E-state index >= 15 is 0 Å². The molecule has 0 aromatic heterocycles. The average Bonchev–Trinajstić information content (AvgIpc) is 2.45. The van der Waals surface area contributed by atoms with Crippen LogP contribution in [0.25, 0.3) is 0 Å². The van der Waals surface area contributed by atoms with Crippen LogP contribution < -0.4 is 0 Å². The lowest BCUT2D eigenvalue weighted by Gasteiger charge is -2.29. The molecule has 0 aliphatic carbocycles. The summed E-state index contributed by atoms with van der Waals surface area (Å²) in [5, 5.41) is 10.2. The van der Waals surface area contributed by atoms with Crippen molar-refractivity contribution in [3.05, 3.63) is 0 Å². The second-order valence-corrected chi connectivity index (χ2v) is 4.68. The van der Waals surface area contributed by atoms with Gasteiger partial charge in [-0.15, -0.1) is 0 Å². The molecule has 0 bridgehead atoms. The summed E-state index contributed by atoms with van der Waals surface area (Å²) in [6.45, 7) is 7.37. The quantitative estimate of drug-likeness (QED) is 0.689. The van der Waals surface area contributed by atoms with Gasteiger partial charge in [0, 0.05) is 0 Å². The normalized spacial score (nSPS) is 50.8. The van der Waals surface area contributed by atoms with Crippen LogP contribution in [0.3, 0.4) is 0 Å². The Hall–Kier alpha value is -0.160. The van der Waals surface area contributed by atoms with E-state index in [2.05, 4.69) is 0 Å². The number of rotatable bonds is 1. The fourth-order valence-corrected chi connectivity index (χ4v) is 2.22. The zero-order valence-electron chi connectivity index (χ0n) is 9.11. The van der Waals surface area contributed by atoms with Crippen molar-refractivity contribution in [2.75, 3.05) is 0 Å². The third-order valence-corrected chi connectivity index (χ3v) is 2.96. The molecule has 2 heterocycles. The second kappa shape index (κ2) is 2.92. The van der Waals surface area contributed by atoms with E-state index < -0.39 is 17.7 Å². The molecule has 4 atom stereocenters. The summed E-state index contributed by atoms with van der Waals surface area (Å²) in [7, 11) is 0. The van der Waals surface area contributed by atoms with Gasteiger partial charge < -0.3 is 19.3 Å². The van der Waals surface area contributed by atoms with Crippen LogP contribution in [0.4, 0.5) is 0 Å². The Kier molecular flexibility index (Phi) is 2.16. The lowest BCUT2D eigenvalue weighted by molar-refractivity contribution is -0.227. The number of hydrogen-bond donors (Lipinski definition) is 1. The van der Waals surface area contributed by atoms with Crippen LogP contribution in [0.15, 0.2) is 0 Å². The van der Waals surface area contributed by atoms with Crippen molar-refractivity contribution >= 4 is 0 Å². The molecule has 0 amide bonds. The predicted molar refractivity (Wildman–Crippen MR) is 49.6 cm³/mol. The molecule has 2 saturated heterocycles. The smallest absolute Gasteiger partial charge is 0.190 e. The molecular weight excluding hydrogens is 184 g/mol. The van der Waals surface area contributed by atoms with Gasteiger partial charge in [0.15, 0.2) is 12.1 Å². The summed E-state index contributed by atoms with van der Waals surface area (Å²) in [5.74, 6) is -0.655. The molecule has 0 saturated carbocycles. The average molecular weight is 202 g/mol. The minimum absolute atomic E-state index is 0.200. The number of fused-ring (bicyclic) bond motifs is 1. The molecule has 0 aromatic carbocycles. The van der Waals surface area contributed by atoms with Gasteiger partial charge in [-0.3, -0.25) is 0 Å². The molecule has 0 spiro atoms. The van der Waals surface area contributed by atoms with Gasteiger partial charge in [-0.1, -0.05) is 6.92 Å². The van der Waals surface area contributed by atoms with Crippen molar-refractivity contribution in [3.8, 4) is 0 Å². The maximum Gasteiger partial charge on any atom is 0.190 e. The molecule has 1 N–H and O–H groups in total. The van der Waals surface area contributed by atoms with Gasteiger partial charge in [-0.25, -0.2) is 0 Å². The molecular formula is C10H18O4. The van der Waals surface area contributed by atoms with Crippen molar-refractivity contribution in [3.63, 3.8) is 0 Å². The fourth-order valence-electron chi connectivity index (χ4n) is 2.22. The lowest BCUT2D eigenvalue weighted by Crippen LogP contribution is -2.45. The molecule has 1 unspecified atom stereocenters. The molecule has 14 heavy (non-hydrogen) atoms. The van der Waals surface area contributed by atoms with Gasteiger partial charge in [-0.2, -0.15) is 0 Å². The summed E-state index contributed by atoms with van der Waals surface area (Å²) >= 11 is 0. The Morgan fingerprint density at radius 1 is 1.21 bits per heavy atom. The first-order chi connectivity index (χ1) is 6.37. The van der Waals surface area contributed by atoms with Gasteiger partial charge in [0.1, 0.15) is 11.7 Å². The van der Waals surface area contributed by atoms with Crippen LogP contribution >= 0.6 is 0 Å². The minimum atomic E-state index is -0.951. The van der Waals surface area contributed by atoms with E-state index in [0.717, 1.165) is 6.42 Å². The van der Waals surface area contributed by atoms with Gasteiger partial charge in [0.2, 0.25) is 0 Å². The summed E-state index contributed by atoms with van der Waals surface area (Å²) in [4.78, 5) is 0. The third-order valence-electron chi connectivity index (χ3n) is 2.96. The van der Waals surface area contributed by atoms with E-state index in [-0.39, 0.29) is 12.2 Å². The first kappa shape index (κ1) is 10.4. The van der Waals surface area contributed by atoms with Crippen molar-refractivity contribution < 1.29 is 19.3 Å². The van der Waals surface area contributed by atoms with Crippen LogP contribution in [0, 0.1) is 0 Å². The Morgan fingerprint density at radius 2 is 1.86 bits per heavy atom. The molecule has 82 valence electrons. The first-order valence-corrected chi connectivity index (χ1v) is 5.10. The SMILES string of the molecule is CC[C@H]1O[C@@H]2OC(C)(C)OC2[C@]1(C)O. The zero-order valence-corrected chi connectivity index (χ0v) is 9.11. The number of hydrogen-bond acceptors (Lipinski definition) is 4. The van der Waals surface area contributed by atoms with Gasteiger partial charge in [0.05, 0.1) is 6.10 Å². The van der Waals surface area contributed by atoms with E-state index in [1.807, 2.05) is 20.8 Å².